The Morgan fingerprint density at radius 1 is 1.00 bits per heavy atom. The van der Waals surface area contributed by atoms with Crippen molar-refractivity contribution in [2.45, 2.75) is 57.4 Å². The first kappa shape index (κ1) is 14.3. The van der Waals surface area contributed by atoms with Crippen LogP contribution in [0.4, 0.5) is 5.82 Å². The van der Waals surface area contributed by atoms with Gasteiger partial charge in [-0.2, -0.15) is 0 Å². The molecular weight excluding hydrogens is 264 g/mol. The quantitative estimate of drug-likeness (QED) is 0.928. The first-order valence-electron chi connectivity index (χ1n) is 8.21. The molecule has 1 aliphatic heterocycles. The molecule has 1 amide bonds. The normalized spacial score (nSPS) is 20.3. The van der Waals surface area contributed by atoms with Crippen molar-refractivity contribution in [3.05, 3.63) is 18.1 Å². The van der Waals surface area contributed by atoms with E-state index in [0.29, 0.717) is 11.7 Å². The predicted octanol–water partition coefficient (Wildman–Crippen LogP) is 2.53. The smallest absolute Gasteiger partial charge is 0.271 e. The van der Waals surface area contributed by atoms with E-state index in [4.69, 9.17) is 0 Å². The zero-order valence-corrected chi connectivity index (χ0v) is 12.6. The lowest BCUT2D eigenvalue weighted by Crippen LogP contribution is -2.33. The van der Waals surface area contributed by atoms with Crippen LogP contribution in [0.3, 0.4) is 0 Å². The van der Waals surface area contributed by atoms with E-state index in [9.17, 15) is 4.79 Å². The van der Waals surface area contributed by atoms with Crippen LogP contribution in [0, 0.1) is 0 Å². The third-order valence-corrected chi connectivity index (χ3v) is 4.49. The summed E-state index contributed by atoms with van der Waals surface area (Å²) in [5.74, 6) is 0.811. The van der Waals surface area contributed by atoms with Gasteiger partial charge in [-0.1, -0.05) is 25.7 Å². The van der Waals surface area contributed by atoms with Gasteiger partial charge in [-0.05, 0) is 25.7 Å². The van der Waals surface area contributed by atoms with Crippen LogP contribution in [0.5, 0.6) is 0 Å². The maximum absolute atomic E-state index is 12.1. The summed E-state index contributed by atoms with van der Waals surface area (Å²) in [6.45, 7) is 2.09. The van der Waals surface area contributed by atoms with Gasteiger partial charge in [-0.25, -0.2) is 9.97 Å². The van der Waals surface area contributed by atoms with Gasteiger partial charge in [-0.15, -0.1) is 0 Å². The molecule has 1 aliphatic carbocycles. The summed E-state index contributed by atoms with van der Waals surface area (Å²) in [6, 6.07) is 0.324. The molecule has 21 heavy (non-hydrogen) atoms. The fraction of sp³-hybridized carbons (Fsp3) is 0.688. The molecule has 0 aromatic carbocycles. The fourth-order valence-corrected chi connectivity index (χ4v) is 3.23. The van der Waals surface area contributed by atoms with Crippen LogP contribution in [0.2, 0.25) is 0 Å². The molecule has 2 fully saturated rings. The van der Waals surface area contributed by atoms with Gasteiger partial charge in [0.15, 0.2) is 0 Å². The average Bonchev–Trinajstić information content (AvgIpc) is 2.87. The first-order valence-corrected chi connectivity index (χ1v) is 8.21. The Kier molecular flexibility index (Phi) is 4.68. The largest absolute Gasteiger partial charge is 0.355 e. The van der Waals surface area contributed by atoms with E-state index in [1.54, 1.807) is 12.4 Å². The monoisotopic (exact) mass is 288 g/mol. The predicted molar refractivity (Wildman–Crippen MR) is 82.4 cm³/mol. The number of rotatable bonds is 3. The summed E-state index contributed by atoms with van der Waals surface area (Å²) in [6.07, 6.45) is 13.0. The Labute approximate surface area is 126 Å². The Morgan fingerprint density at radius 2 is 1.71 bits per heavy atom. The molecule has 1 saturated carbocycles. The van der Waals surface area contributed by atoms with Crippen molar-refractivity contribution in [2.75, 3.05) is 18.0 Å². The van der Waals surface area contributed by atoms with E-state index in [1.807, 2.05) is 0 Å². The van der Waals surface area contributed by atoms with E-state index >= 15 is 0 Å². The highest BCUT2D eigenvalue weighted by molar-refractivity contribution is 5.92. The van der Waals surface area contributed by atoms with Crippen molar-refractivity contribution < 1.29 is 4.79 Å². The van der Waals surface area contributed by atoms with Crippen LogP contribution < -0.4 is 10.2 Å². The molecular formula is C16H24N4O. The lowest BCUT2D eigenvalue weighted by molar-refractivity contribution is 0.0932. The second-order valence-corrected chi connectivity index (χ2v) is 6.12. The number of hydrogen-bond acceptors (Lipinski definition) is 4. The third-order valence-electron chi connectivity index (χ3n) is 4.49. The van der Waals surface area contributed by atoms with E-state index < -0.39 is 0 Å². The highest BCUT2D eigenvalue weighted by Gasteiger charge is 2.19. The molecule has 1 saturated heterocycles. The number of carbonyl (C=O) groups excluding carboxylic acids is 1. The first-order chi connectivity index (χ1) is 10.3. The minimum atomic E-state index is -0.0863. The lowest BCUT2D eigenvalue weighted by Gasteiger charge is -2.20. The summed E-state index contributed by atoms with van der Waals surface area (Å²) in [7, 11) is 0. The zero-order chi connectivity index (χ0) is 14.5. The Morgan fingerprint density at radius 3 is 2.33 bits per heavy atom. The highest BCUT2D eigenvalue weighted by Crippen LogP contribution is 2.19. The summed E-state index contributed by atoms with van der Waals surface area (Å²) < 4.78 is 0. The molecule has 2 heterocycles. The molecule has 0 bridgehead atoms. The van der Waals surface area contributed by atoms with Crippen LogP contribution >= 0.6 is 0 Å². The Balaban J connectivity index is 1.61. The maximum atomic E-state index is 12.1. The number of anilines is 1. The fourth-order valence-electron chi connectivity index (χ4n) is 3.23. The van der Waals surface area contributed by atoms with Gasteiger partial charge in [-0.3, -0.25) is 4.79 Å². The average molecular weight is 288 g/mol. The molecule has 5 heteroatoms. The Hall–Kier alpha value is -1.65. The molecule has 114 valence electrons. The van der Waals surface area contributed by atoms with Crippen molar-refractivity contribution in [1.82, 2.24) is 15.3 Å². The molecule has 0 atom stereocenters. The van der Waals surface area contributed by atoms with Crippen LogP contribution in [0.1, 0.15) is 61.9 Å². The van der Waals surface area contributed by atoms with Gasteiger partial charge < -0.3 is 10.2 Å². The van der Waals surface area contributed by atoms with Gasteiger partial charge in [0.2, 0.25) is 0 Å². The van der Waals surface area contributed by atoms with Gasteiger partial charge >= 0.3 is 0 Å². The number of aromatic nitrogens is 2. The van der Waals surface area contributed by atoms with E-state index in [0.717, 1.165) is 31.7 Å². The minimum absolute atomic E-state index is 0.0863. The summed E-state index contributed by atoms with van der Waals surface area (Å²) >= 11 is 0. The molecule has 0 radical (unpaired) electrons. The number of nitrogens with zero attached hydrogens (tertiary/aromatic N) is 3. The molecule has 1 aromatic rings. The number of amides is 1. The summed E-state index contributed by atoms with van der Waals surface area (Å²) in [5.41, 5.74) is 0.431. The number of hydrogen-bond donors (Lipinski definition) is 1. The maximum Gasteiger partial charge on any atom is 0.271 e. The van der Waals surface area contributed by atoms with Crippen molar-refractivity contribution in [1.29, 1.82) is 0 Å². The molecule has 1 N–H and O–H groups in total. The SMILES string of the molecule is O=C(NC1CCCC1)c1cnc(N2CCCCCC2)cn1. The van der Waals surface area contributed by atoms with Crippen LogP contribution in [0.15, 0.2) is 12.4 Å². The molecule has 3 rings (SSSR count). The standard InChI is InChI=1S/C16H24N4O/c21-16(19-13-7-3-4-8-13)14-11-18-15(12-17-14)20-9-5-1-2-6-10-20/h11-13H,1-10H2,(H,19,21). The van der Waals surface area contributed by atoms with E-state index in [2.05, 4.69) is 20.2 Å². The lowest BCUT2D eigenvalue weighted by atomic mass is 10.2. The van der Waals surface area contributed by atoms with Crippen LogP contribution in [-0.2, 0) is 0 Å². The van der Waals surface area contributed by atoms with E-state index in [-0.39, 0.29) is 5.91 Å². The summed E-state index contributed by atoms with van der Waals surface area (Å²) in [5, 5.41) is 3.05. The van der Waals surface area contributed by atoms with Crippen molar-refractivity contribution in [3.8, 4) is 0 Å². The van der Waals surface area contributed by atoms with Crippen molar-refractivity contribution in [3.63, 3.8) is 0 Å². The van der Waals surface area contributed by atoms with Crippen LogP contribution in [-0.4, -0.2) is 35.0 Å². The number of carbonyl (C=O) groups is 1. The highest BCUT2D eigenvalue weighted by atomic mass is 16.1. The van der Waals surface area contributed by atoms with Gasteiger partial charge in [0, 0.05) is 19.1 Å². The van der Waals surface area contributed by atoms with Gasteiger partial charge in [0.25, 0.3) is 5.91 Å². The van der Waals surface area contributed by atoms with Gasteiger partial charge in [0.1, 0.15) is 11.5 Å². The van der Waals surface area contributed by atoms with Crippen LogP contribution in [0.25, 0.3) is 0 Å². The molecule has 1 aromatic heterocycles. The van der Waals surface area contributed by atoms with Gasteiger partial charge in [0.05, 0.1) is 12.4 Å². The third kappa shape index (κ3) is 3.71. The zero-order valence-electron chi connectivity index (χ0n) is 12.6. The molecule has 0 unspecified atom stereocenters. The molecule has 5 nitrogen and oxygen atoms in total. The Bertz CT molecular complexity index is 460. The summed E-state index contributed by atoms with van der Waals surface area (Å²) in [4.78, 5) is 23.1. The second-order valence-electron chi connectivity index (χ2n) is 6.12. The van der Waals surface area contributed by atoms with Crippen molar-refractivity contribution >= 4 is 11.7 Å². The second kappa shape index (κ2) is 6.87. The van der Waals surface area contributed by atoms with E-state index in [1.165, 1.54) is 38.5 Å². The molecule has 0 spiro atoms. The topological polar surface area (TPSA) is 58.1 Å². The molecule has 2 aliphatic rings. The minimum Gasteiger partial charge on any atom is -0.355 e. The van der Waals surface area contributed by atoms with Crippen molar-refractivity contribution in [2.24, 2.45) is 0 Å². The number of nitrogens with one attached hydrogen (secondary N) is 1.